The number of carbonyl (C=O) groups is 1. The fraction of sp³-hybridized carbons (Fsp3) is 0.909. The quantitative estimate of drug-likeness (QED) is 0.735. The topological polar surface area (TPSA) is 52.6 Å². The molecule has 1 saturated heterocycles. The average molecular weight is 282 g/mol. The van der Waals surface area contributed by atoms with E-state index in [9.17, 15) is 17.8 Å². The molecular formula is C11H16F2O4S. The molecule has 0 aromatic rings. The standard InChI is InChI=1S/C11H16F2O4S/c1-18(15)11(12,13)10(14)17-8-3-2-7-4-5-16-9(7)6-8/h7-9H,2-6H2,1H3. The van der Waals surface area contributed by atoms with E-state index in [2.05, 4.69) is 0 Å². The molecule has 0 bridgehead atoms. The van der Waals surface area contributed by atoms with Crippen LogP contribution in [0.25, 0.3) is 0 Å². The van der Waals surface area contributed by atoms with Crippen LogP contribution in [0.2, 0.25) is 0 Å². The first-order valence-electron chi connectivity index (χ1n) is 5.95. The summed E-state index contributed by atoms with van der Waals surface area (Å²) in [4.78, 5) is 11.3. The summed E-state index contributed by atoms with van der Waals surface area (Å²) < 4.78 is 47.3. The molecule has 0 N–H and O–H groups in total. The predicted octanol–water partition coefficient (Wildman–Crippen LogP) is 1.46. The maximum atomic E-state index is 13.2. The van der Waals surface area contributed by atoms with Crippen molar-refractivity contribution < 1.29 is 27.3 Å². The third kappa shape index (κ3) is 2.71. The van der Waals surface area contributed by atoms with Crippen LogP contribution in [0.4, 0.5) is 8.78 Å². The molecule has 7 heteroatoms. The van der Waals surface area contributed by atoms with Gasteiger partial charge in [-0.1, -0.05) is 0 Å². The first-order valence-corrected chi connectivity index (χ1v) is 7.51. The summed E-state index contributed by atoms with van der Waals surface area (Å²) in [5.74, 6) is -1.23. The number of hydrogen-bond donors (Lipinski definition) is 0. The van der Waals surface area contributed by atoms with Gasteiger partial charge in [-0.3, -0.25) is 4.21 Å². The second-order valence-corrected chi connectivity index (χ2v) is 6.19. The first-order chi connectivity index (χ1) is 8.41. The summed E-state index contributed by atoms with van der Waals surface area (Å²) in [5, 5.41) is -3.92. The summed E-state index contributed by atoms with van der Waals surface area (Å²) in [6, 6.07) is 0. The third-order valence-corrected chi connectivity index (χ3v) is 4.46. The molecule has 2 rings (SSSR count). The lowest BCUT2D eigenvalue weighted by atomic mass is 9.84. The fourth-order valence-corrected chi connectivity index (χ4v) is 2.79. The van der Waals surface area contributed by atoms with Crippen LogP contribution in [0, 0.1) is 5.92 Å². The fourth-order valence-electron chi connectivity index (χ4n) is 2.50. The van der Waals surface area contributed by atoms with Crippen LogP contribution in [0.3, 0.4) is 0 Å². The van der Waals surface area contributed by atoms with Gasteiger partial charge in [0.2, 0.25) is 0 Å². The van der Waals surface area contributed by atoms with E-state index < -0.39 is 28.1 Å². The number of ether oxygens (including phenoxy) is 2. The second-order valence-electron chi connectivity index (χ2n) is 4.77. The van der Waals surface area contributed by atoms with Crippen molar-refractivity contribution in [3.8, 4) is 0 Å². The van der Waals surface area contributed by atoms with Crippen molar-refractivity contribution in [2.24, 2.45) is 5.92 Å². The van der Waals surface area contributed by atoms with Crippen LogP contribution < -0.4 is 0 Å². The van der Waals surface area contributed by atoms with Crippen molar-refractivity contribution in [2.75, 3.05) is 12.9 Å². The van der Waals surface area contributed by atoms with Gasteiger partial charge in [-0.05, 0) is 25.2 Å². The van der Waals surface area contributed by atoms with Crippen LogP contribution in [-0.2, 0) is 25.1 Å². The highest BCUT2D eigenvalue weighted by Crippen LogP contribution is 2.36. The number of rotatable bonds is 3. The van der Waals surface area contributed by atoms with Crippen molar-refractivity contribution in [1.82, 2.24) is 0 Å². The van der Waals surface area contributed by atoms with Gasteiger partial charge >= 0.3 is 11.2 Å². The lowest BCUT2D eigenvalue weighted by Gasteiger charge is -2.30. The normalized spacial score (nSPS) is 33.8. The third-order valence-electron chi connectivity index (χ3n) is 3.57. The van der Waals surface area contributed by atoms with Crippen molar-refractivity contribution >= 4 is 16.8 Å². The number of esters is 1. The summed E-state index contributed by atoms with van der Waals surface area (Å²) in [6.07, 6.45) is 3.09. The summed E-state index contributed by atoms with van der Waals surface area (Å²) in [7, 11) is -2.55. The minimum atomic E-state index is -3.92. The molecule has 0 radical (unpaired) electrons. The van der Waals surface area contributed by atoms with E-state index in [4.69, 9.17) is 9.47 Å². The largest absolute Gasteiger partial charge is 0.457 e. The molecule has 2 fully saturated rings. The van der Waals surface area contributed by atoms with Gasteiger partial charge in [0, 0.05) is 19.3 Å². The smallest absolute Gasteiger partial charge is 0.415 e. The zero-order valence-electron chi connectivity index (χ0n) is 10.1. The van der Waals surface area contributed by atoms with Crippen molar-refractivity contribution in [1.29, 1.82) is 0 Å². The molecule has 1 saturated carbocycles. The van der Waals surface area contributed by atoms with Crippen LogP contribution in [0.15, 0.2) is 0 Å². The number of halogens is 2. The van der Waals surface area contributed by atoms with E-state index in [0.717, 1.165) is 19.1 Å². The molecule has 18 heavy (non-hydrogen) atoms. The Morgan fingerprint density at radius 1 is 1.39 bits per heavy atom. The molecule has 1 heterocycles. The first kappa shape index (κ1) is 13.9. The van der Waals surface area contributed by atoms with E-state index in [1.807, 2.05) is 0 Å². The summed E-state index contributed by atoms with van der Waals surface area (Å²) >= 11 is 0. The molecule has 0 spiro atoms. The Kier molecular flexibility index (Phi) is 4.01. The van der Waals surface area contributed by atoms with Gasteiger partial charge in [0.25, 0.3) is 0 Å². The Morgan fingerprint density at radius 2 is 2.11 bits per heavy atom. The Balaban J connectivity index is 1.90. The minimum Gasteiger partial charge on any atom is -0.457 e. The molecule has 1 aliphatic heterocycles. The maximum Gasteiger partial charge on any atom is 0.415 e. The van der Waals surface area contributed by atoms with E-state index in [1.165, 1.54) is 0 Å². The van der Waals surface area contributed by atoms with E-state index in [-0.39, 0.29) is 6.10 Å². The van der Waals surface area contributed by atoms with Gasteiger partial charge in [-0.15, -0.1) is 0 Å². The molecular weight excluding hydrogens is 266 g/mol. The van der Waals surface area contributed by atoms with E-state index in [0.29, 0.717) is 25.4 Å². The van der Waals surface area contributed by atoms with Crippen LogP contribution in [-0.4, -0.2) is 40.5 Å². The van der Waals surface area contributed by atoms with Crippen molar-refractivity contribution in [2.45, 2.75) is 43.1 Å². The van der Waals surface area contributed by atoms with Gasteiger partial charge in [0.15, 0.2) is 0 Å². The van der Waals surface area contributed by atoms with Gasteiger partial charge in [-0.2, -0.15) is 8.78 Å². The Morgan fingerprint density at radius 3 is 2.78 bits per heavy atom. The highest BCUT2D eigenvalue weighted by Gasteiger charge is 2.47. The maximum absolute atomic E-state index is 13.2. The summed E-state index contributed by atoms with van der Waals surface area (Å²) in [5.41, 5.74) is 0. The van der Waals surface area contributed by atoms with Crippen LogP contribution >= 0.6 is 0 Å². The molecule has 0 aromatic heterocycles. The molecule has 2 aliphatic rings. The Labute approximate surface area is 106 Å². The lowest BCUT2D eigenvalue weighted by Crippen LogP contribution is -2.40. The number of alkyl halides is 2. The minimum absolute atomic E-state index is 0.0114. The molecule has 4 atom stereocenters. The van der Waals surface area contributed by atoms with Crippen LogP contribution in [0.1, 0.15) is 25.7 Å². The summed E-state index contributed by atoms with van der Waals surface area (Å²) in [6.45, 7) is 0.686. The monoisotopic (exact) mass is 282 g/mol. The van der Waals surface area contributed by atoms with E-state index >= 15 is 0 Å². The van der Waals surface area contributed by atoms with Crippen molar-refractivity contribution in [3.63, 3.8) is 0 Å². The zero-order chi connectivity index (χ0) is 13.3. The highest BCUT2D eigenvalue weighted by atomic mass is 32.2. The Bertz CT molecular complexity index is 361. The van der Waals surface area contributed by atoms with Gasteiger partial charge in [0.05, 0.1) is 16.9 Å². The highest BCUT2D eigenvalue weighted by molar-refractivity contribution is 7.86. The van der Waals surface area contributed by atoms with Gasteiger partial charge < -0.3 is 9.47 Å². The SMILES string of the molecule is CS(=O)C(F)(F)C(=O)OC1CCC2CCOC2C1. The van der Waals surface area contributed by atoms with Gasteiger partial charge in [0.1, 0.15) is 6.10 Å². The number of fused-ring (bicyclic) bond motifs is 1. The zero-order valence-corrected chi connectivity index (χ0v) is 10.9. The molecule has 0 aromatic carbocycles. The Hall–Kier alpha value is -0.560. The molecule has 104 valence electrons. The van der Waals surface area contributed by atoms with E-state index in [1.54, 1.807) is 0 Å². The van der Waals surface area contributed by atoms with Gasteiger partial charge in [-0.25, -0.2) is 4.79 Å². The second kappa shape index (κ2) is 5.21. The van der Waals surface area contributed by atoms with Crippen molar-refractivity contribution in [3.05, 3.63) is 0 Å². The average Bonchev–Trinajstić information content (AvgIpc) is 2.75. The molecule has 1 aliphatic carbocycles. The number of hydrogen-bond acceptors (Lipinski definition) is 4. The predicted molar refractivity (Wildman–Crippen MR) is 60.6 cm³/mol. The molecule has 0 amide bonds. The van der Waals surface area contributed by atoms with Crippen LogP contribution in [0.5, 0.6) is 0 Å². The lowest BCUT2D eigenvalue weighted by molar-refractivity contribution is -0.169. The molecule has 4 nitrogen and oxygen atoms in total. The molecule has 4 unspecified atom stereocenters. The number of carbonyl (C=O) groups excluding carboxylic acids is 1.